The molecule has 3 rings (SSSR count). The first-order valence-corrected chi connectivity index (χ1v) is 5.73. The van der Waals surface area contributed by atoms with Crippen LogP contribution in [0.5, 0.6) is 0 Å². The Balaban J connectivity index is 1.98. The summed E-state index contributed by atoms with van der Waals surface area (Å²) >= 11 is 0. The Morgan fingerprint density at radius 1 is 1.50 bits per heavy atom. The highest BCUT2D eigenvalue weighted by molar-refractivity contribution is 5.66. The number of hydrogen-bond acceptors (Lipinski definition) is 4. The molecule has 1 aromatic rings. The van der Waals surface area contributed by atoms with Crippen molar-refractivity contribution in [3.63, 3.8) is 0 Å². The molecule has 86 valence electrons. The number of rotatable bonds is 0. The normalized spacial score (nSPS) is 32.0. The van der Waals surface area contributed by atoms with Crippen molar-refractivity contribution in [2.75, 3.05) is 30.4 Å². The monoisotopic (exact) mass is 219 g/mol. The SMILES string of the molecule is Cc1ccc2c(n1)NC1COCC1(C)CN2. The van der Waals surface area contributed by atoms with E-state index >= 15 is 0 Å². The number of nitrogens with one attached hydrogen (secondary N) is 2. The van der Waals surface area contributed by atoms with Gasteiger partial charge >= 0.3 is 0 Å². The first-order chi connectivity index (χ1) is 7.67. The number of fused-ring (bicyclic) bond motifs is 2. The summed E-state index contributed by atoms with van der Waals surface area (Å²) < 4.78 is 5.57. The Hall–Kier alpha value is -1.29. The van der Waals surface area contributed by atoms with E-state index in [0.717, 1.165) is 37.0 Å². The number of aryl methyl sites for hydroxylation is 1. The van der Waals surface area contributed by atoms with Crippen LogP contribution in [0.2, 0.25) is 0 Å². The predicted molar refractivity (Wildman–Crippen MR) is 63.8 cm³/mol. The lowest BCUT2D eigenvalue weighted by Gasteiger charge is -2.27. The number of hydrogen-bond donors (Lipinski definition) is 2. The number of anilines is 2. The molecule has 2 N–H and O–H groups in total. The van der Waals surface area contributed by atoms with E-state index in [2.05, 4.69) is 28.6 Å². The lowest BCUT2D eigenvalue weighted by atomic mass is 9.85. The Bertz CT molecular complexity index is 421. The van der Waals surface area contributed by atoms with Crippen LogP contribution in [0.15, 0.2) is 12.1 Å². The van der Waals surface area contributed by atoms with Gasteiger partial charge in [-0.3, -0.25) is 0 Å². The first-order valence-electron chi connectivity index (χ1n) is 5.73. The van der Waals surface area contributed by atoms with E-state index < -0.39 is 0 Å². The highest BCUT2D eigenvalue weighted by Crippen LogP contribution is 2.36. The molecule has 0 spiro atoms. The molecule has 1 fully saturated rings. The van der Waals surface area contributed by atoms with Crippen LogP contribution in [0, 0.1) is 12.3 Å². The number of nitrogens with zero attached hydrogens (tertiary/aromatic N) is 1. The molecular weight excluding hydrogens is 202 g/mol. The van der Waals surface area contributed by atoms with E-state index in [1.165, 1.54) is 0 Å². The van der Waals surface area contributed by atoms with Gasteiger partial charge in [0, 0.05) is 17.7 Å². The van der Waals surface area contributed by atoms with E-state index in [1.54, 1.807) is 0 Å². The van der Waals surface area contributed by atoms with Crippen molar-refractivity contribution in [2.24, 2.45) is 5.41 Å². The fraction of sp³-hybridized carbons (Fsp3) is 0.583. The zero-order valence-electron chi connectivity index (χ0n) is 9.71. The second-order valence-electron chi connectivity index (χ2n) is 5.07. The van der Waals surface area contributed by atoms with E-state index in [9.17, 15) is 0 Å². The molecule has 4 nitrogen and oxygen atoms in total. The third kappa shape index (κ3) is 1.45. The minimum Gasteiger partial charge on any atom is -0.381 e. The largest absolute Gasteiger partial charge is 0.381 e. The van der Waals surface area contributed by atoms with Gasteiger partial charge in [-0.05, 0) is 19.1 Å². The van der Waals surface area contributed by atoms with Crippen LogP contribution >= 0.6 is 0 Å². The lowest BCUT2D eigenvalue weighted by Crippen LogP contribution is -2.40. The Kier molecular flexibility index (Phi) is 2.07. The third-order valence-corrected chi connectivity index (χ3v) is 3.59. The Labute approximate surface area is 95.4 Å². The molecule has 3 heterocycles. The molecule has 1 saturated heterocycles. The minimum atomic E-state index is 0.161. The van der Waals surface area contributed by atoms with Crippen molar-refractivity contribution < 1.29 is 4.74 Å². The maximum absolute atomic E-state index is 5.57. The molecule has 2 aliphatic heterocycles. The van der Waals surface area contributed by atoms with Crippen molar-refractivity contribution in [3.8, 4) is 0 Å². The fourth-order valence-electron chi connectivity index (χ4n) is 2.37. The molecule has 2 unspecified atom stereocenters. The smallest absolute Gasteiger partial charge is 0.149 e. The summed E-state index contributed by atoms with van der Waals surface area (Å²) in [4.78, 5) is 4.54. The van der Waals surface area contributed by atoms with Gasteiger partial charge < -0.3 is 15.4 Å². The molecular formula is C12H17N3O. The van der Waals surface area contributed by atoms with Gasteiger partial charge in [-0.1, -0.05) is 6.92 Å². The quantitative estimate of drug-likeness (QED) is 0.696. The molecule has 0 aliphatic carbocycles. The molecule has 0 bridgehead atoms. The van der Waals surface area contributed by atoms with Gasteiger partial charge in [0.25, 0.3) is 0 Å². The number of aromatic nitrogens is 1. The Morgan fingerprint density at radius 2 is 2.38 bits per heavy atom. The van der Waals surface area contributed by atoms with Crippen molar-refractivity contribution in [1.29, 1.82) is 0 Å². The van der Waals surface area contributed by atoms with Gasteiger partial charge in [0.05, 0.1) is 24.9 Å². The second-order valence-corrected chi connectivity index (χ2v) is 5.07. The summed E-state index contributed by atoms with van der Waals surface area (Å²) in [6.07, 6.45) is 0. The number of ether oxygens (including phenoxy) is 1. The molecule has 0 saturated carbocycles. The van der Waals surface area contributed by atoms with Crippen LogP contribution in [-0.2, 0) is 4.74 Å². The highest BCUT2D eigenvalue weighted by Gasteiger charge is 2.42. The topological polar surface area (TPSA) is 46.2 Å². The summed E-state index contributed by atoms with van der Waals surface area (Å²) in [5.41, 5.74) is 2.30. The van der Waals surface area contributed by atoms with Gasteiger partial charge in [-0.25, -0.2) is 4.98 Å². The van der Waals surface area contributed by atoms with Crippen LogP contribution in [-0.4, -0.2) is 30.8 Å². The molecule has 0 radical (unpaired) electrons. The summed E-state index contributed by atoms with van der Waals surface area (Å²) in [6, 6.07) is 4.49. The van der Waals surface area contributed by atoms with Crippen LogP contribution in [0.3, 0.4) is 0 Å². The van der Waals surface area contributed by atoms with E-state index in [-0.39, 0.29) is 5.41 Å². The van der Waals surface area contributed by atoms with Gasteiger partial charge in [0.15, 0.2) is 0 Å². The van der Waals surface area contributed by atoms with Crippen LogP contribution in [0.25, 0.3) is 0 Å². The van der Waals surface area contributed by atoms with Crippen molar-refractivity contribution in [3.05, 3.63) is 17.8 Å². The van der Waals surface area contributed by atoms with Crippen LogP contribution in [0.1, 0.15) is 12.6 Å². The van der Waals surface area contributed by atoms with E-state index in [0.29, 0.717) is 6.04 Å². The second kappa shape index (κ2) is 3.35. The average molecular weight is 219 g/mol. The molecule has 4 heteroatoms. The van der Waals surface area contributed by atoms with Gasteiger partial charge in [-0.15, -0.1) is 0 Å². The minimum absolute atomic E-state index is 0.161. The zero-order valence-corrected chi connectivity index (χ0v) is 9.71. The van der Waals surface area contributed by atoms with Crippen molar-refractivity contribution in [1.82, 2.24) is 4.98 Å². The van der Waals surface area contributed by atoms with E-state index in [1.807, 2.05) is 13.0 Å². The highest BCUT2D eigenvalue weighted by atomic mass is 16.5. The molecule has 0 aromatic carbocycles. The average Bonchev–Trinajstić information content (AvgIpc) is 2.54. The summed E-state index contributed by atoms with van der Waals surface area (Å²) in [6.45, 7) is 6.78. The third-order valence-electron chi connectivity index (χ3n) is 3.59. The standard InChI is InChI=1S/C12H17N3O/c1-8-3-4-9-11(14-8)15-10-5-16-7-12(10,2)6-13-9/h3-4,10,13H,5-7H2,1-2H3,(H,14,15). The molecule has 2 aliphatic rings. The lowest BCUT2D eigenvalue weighted by molar-refractivity contribution is 0.164. The van der Waals surface area contributed by atoms with Crippen molar-refractivity contribution in [2.45, 2.75) is 19.9 Å². The zero-order chi connectivity index (χ0) is 11.2. The molecule has 2 atom stereocenters. The maximum Gasteiger partial charge on any atom is 0.149 e. The summed E-state index contributed by atoms with van der Waals surface area (Å²) in [5.74, 6) is 0.958. The summed E-state index contributed by atoms with van der Waals surface area (Å²) in [5, 5.41) is 6.96. The van der Waals surface area contributed by atoms with E-state index in [4.69, 9.17) is 4.74 Å². The molecule has 0 amide bonds. The maximum atomic E-state index is 5.57. The van der Waals surface area contributed by atoms with Gasteiger partial charge in [0.2, 0.25) is 0 Å². The molecule has 16 heavy (non-hydrogen) atoms. The molecule has 1 aromatic heterocycles. The van der Waals surface area contributed by atoms with Crippen LogP contribution in [0.4, 0.5) is 11.5 Å². The predicted octanol–water partition coefficient (Wildman–Crippen LogP) is 1.63. The first kappa shape index (κ1) is 9.90. The number of pyridine rings is 1. The Morgan fingerprint density at radius 3 is 3.25 bits per heavy atom. The van der Waals surface area contributed by atoms with Gasteiger partial charge in [0.1, 0.15) is 5.82 Å². The van der Waals surface area contributed by atoms with Crippen molar-refractivity contribution >= 4 is 11.5 Å². The van der Waals surface area contributed by atoms with Gasteiger partial charge in [-0.2, -0.15) is 0 Å². The van der Waals surface area contributed by atoms with Crippen LogP contribution < -0.4 is 10.6 Å². The fourth-order valence-corrected chi connectivity index (χ4v) is 2.37. The summed E-state index contributed by atoms with van der Waals surface area (Å²) in [7, 11) is 0.